The first-order chi connectivity index (χ1) is 7.48. The minimum Gasteiger partial charge on any atom is -0.356 e. The number of nitriles is 1. The topological polar surface area (TPSA) is 101 Å². The zero-order valence-corrected chi connectivity index (χ0v) is 9.20. The summed E-state index contributed by atoms with van der Waals surface area (Å²) in [5.41, 5.74) is 5.59. The van der Waals surface area contributed by atoms with Crippen LogP contribution in [-0.2, 0) is 16.3 Å². The lowest BCUT2D eigenvalue weighted by molar-refractivity contribution is 0.265. The first-order valence-corrected chi connectivity index (χ1v) is 5.97. The van der Waals surface area contributed by atoms with E-state index < -0.39 is 15.1 Å². The standard InChI is InChI=1S/C10H10N2O3S/c11-7-1-2-8-3-5-9(6-4-8)16(14,15)10(12)13/h3-6H,1-2H2,(H2,12,13). The Morgan fingerprint density at radius 1 is 1.31 bits per heavy atom. The fourth-order valence-corrected chi connectivity index (χ4v) is 1.88. The molecule has 0 heterocycles. The van der Waals surface area contributed by atoms with Crippen LogP contribution < -0.4 is 5.73 Å². The van der Waals surface area contributed by atoms with Gasteiger partial charge in [0.25, 0.3) is 9.84 Å². The number of sulfone groups is 1. The lowest BCUT2D eigenvalue weighted by Gasteiger charge is -2.01. The number of rotatable bonds is 3. The van der Waals surface area contributed by atoms with E-state index >= 15 is 0 Å². The van der Waals surface area contributed by atoms with Gasteiger partial charge in [-0.2, -0.15) is 5.26 Å². The van der Waals surface area contributed by atoms with Crippen LogP contribution in [0, 0.1) is 11.3 Å². The van der Waals surface area contributed by atoms with Gasteiger partial charge < -0.3 is 5.73 Å². The summed E-state index contributed by atoms with van der Waals surface area (Å²) in [4.78, 5) is 10.5. The van der Waals surface area contributed by atoms with Gasteiger partial charge in [-0.15, -0.1) is 0 Å². The van der Waals surface area contributed by atoms with Crippen LogP contribution in [0.15, 0.2) is 29.2 Å². The molecule has 0 saturated carbocycles. The minimum absolute atomic E-state index is 0.124. The van der Waals surface area contributed by atoms with Crippen molar-refractivity contribution in [1.82, 2.24) is 0 Å². The Morgan fingerprint density at radius 3 is 2.31 bits per heavy atom. The molecule has 0 aliphatic heterocycles. The number of aryl methyl sites for hydroxylation is 1. The number of amides is 1. The zero-order valence-electron chi connectivity index (χ0n) is 8.38. The van der Waals surface area contributed by atoms with Gasteiger partial charge in [0.15, 0.2) is 0 Å². The van der Waals surface area contributed by atoms with Gasteiger partial charge in [-0.05, 0) is 24.1 Å². The fraction of sp³-hybridized carbons (Fsp3) is 0.200. The second-order valence-corrected chi connectivity index (χ2v) is 5.01. The molecule has 5 nitrogen and oxygen atoms in total. The van der Waals surface area contributed by atoms with Crippen molar-refractivity contribution in [3.05, 3.63) is 29.8 Å². The smallest absolute Gasteiger partial charge is 0.338 e. The Labute approximate surface area is 93.4 Å². The predicted octanol–water partition coefficient (Wildman–Crippen LogP) is 0.995. The summed E-state index contributed by atoms with van der Waals surface area (Å²) in [6.07, 6.45) is 0.912. The van der Waals surface area contributed by atoms with Crippen molar-refractivity contribution < 1.29 is 13.2 Å². The van der Waals surface area contributed by atoms with Gasteiger partial charge in [0.2, 0.25) is 0 Å². The maximum Gasteiger partial charge on any atom is 0.338 e. The molecule has 1 rings (SSSR count). The molecule has 0 bridgehead atoms. The van der Waals surface area contributed by atoms with Crippen LogP contribution in [0.5, 0.6) is 0 Å². The van der Waals surface area contributed by atoms with Crippen molar-refractivity contribution in [2.24, 2.45) is 5.73 Å². The predicted molar refractivity (Wildman–Crippen MR) is 57.1 cm³/mol. The van der Waals surface area contributed by atoms with Crippen LogP contribution in [0.2, 0.25) is 0 Å². The van der Waals surface area contributed by atoms with Crippen LogP contribution in [0.3, 0.4) is 0 Å². The first-order valence-electron chi connectivity index (χ1n) is 4.49. The summed E-state index contributed by atoms with van der Waals surface area (Å²) < 4.78 is 22.7. The van der Waals surface area contributed by atoms with Gasteiger partial charge in [-0.1, -0.05) is 12.1 Å². The number of carbonyl (C=O) groups excluding carboxylic acids is 1. The van der Waals surface area contributed by atoms with Crippen molar-refractivity contribution in [3.8, 4) is 6.07 Å². The Bertz CT molecular complexity index is 526. The molecular formula is C10H10N2O3S. The molecule has 84 valence electrons. The molecule has 1 aromatic rings. The van der Waals surface area contributed by atoms with E-state index in [2.05, 4.69) is 0 Å². The fourth-order valence-electron chi connectivity index (χ4n) is 1.15. The average molecular weight is 238 g/mol. The Morgan fingerprint density at radius 2 is 1.88 bits per heavy atom. The van der Waals surface area contributed by atoms with Crippen LogP contribution in [0.1, 0.15) is 12.0 Å². The SMILES string of the molecule is N#CCCc1ccc(S(=O)(=O)C(N)=O)cc1. The van der Waals surface area contributed by atoms with E-state index in [1.807, 2.05) is 6.07 Å². The lowest BCUT2D eigenvalue weighted by Crippen LogP contribution is -2.21. The van der Waals surface area contributed by atoms with E-state index in [0.29, 0.717) is 12.8 Å². The van der Waals surface area contributed by atoms with Crippen LogP contribution >= 0.6 is 0 Å². The van der Waals surface area contributed by atoms with Gasteiger partial charge in [-0.3, -0.25) is 4.79 Å². The third kappa shape index (κ3) is 2.58. The lowest BCUT2D eigenvalue weighted by atomic mass is 10.1. The maximum atomic E-state index is 11.3. The largest absolute Gasteiger partial charge is 0.356 e. The molecule has 16 heavy (non-hydrogen) atoms. The molecule has 6 heteroatoms. The van der Waals surface area contributed by atoms with Crippen molar-refractivity contribution >= 4 is 15.1 Å². The van der Waals surface area contributed by atoms with Gasteiger partial charge in [0, 0.05) is 6.42 Å². The van der Waals surface area contributed by atoms with Gasteiger partial charge in [-0.25, -0.2) is 8.42 Å². The Kier molecular flexibility index (Phi) is 3.64. The van der Waals surface area contributed by atoms with Gasteiger partial charge >= 0.3 is 5.24 Å². The van der Waals surface area contributed by atoms with E-state index in [4.69, 9.17) is 11.0 Å². The van der Waals surface area contributed by atoms with Gasteiger partial charge in [0.05, 0.1) is 11.0 Å². The molecule has 0 unspecified atom stereocenters. The third-order valence-electron chi connectivity index (χ3n) is 2.02. The van der Waals surface area contributed by atoms with E-state index in [1.54, 1.807) is 12.1 Å². The molecule has 0 radical (unpaired) electrons. The normalized spacial score (nSPS) is 10.7. The number of hydrogen-bond donors (Lipinski definition) is 1. The van der Waals surface area contributed by atoms with E-state index in [0.717, 1.165) is 5.56 Å². The van der Waals surface area contributed by atoms with E-state index in [-0.39, 0.29) is 4.90 Å². The molecule has 1 aromatic carbocycles. The van der Waals surface area contributed by atoms with E-state index in [1.165, 1.54) is 12.1 Å². The zero-order chi connectivity index (χ0) is 12.2. The highest BCUT2D eigenvalue weighted by atomic mass is 32.2. The highest BCUT2D eigenvalue weighted by Gasteiger charge is 2.20. The number of hydrogen-bond acceptors (Lipinski definition) is 4. The number of carbonyl (C=O) groups is 1. The van der Waals surface area contributed by atoms with Crippen molar-refractivity contribution in [2.75, 3.05) is 0 Å². The average Bonchev–Trinajstić information content (AvgIpc) is 2.26. The molecule has 2 N–H and O–H groups in total. The van der Waals surface area contributed by atoms with Crippen LogP contribution in [0.25, 0.3) is 0 Å². The first kappa shape index (κ1) is 12.2. The second kappa shape index (κ2) is 4.77. The summed E-state index contributed by atoms with van der Waals surface area (Å²) in [7, 11) is -4.04. The van der Waals surface area contributed by atoms with Crippen molar-refractivity contribution in [3.63, 3.8) is 0 Å². The quantitative estimate of drug-likeness (QED) is 0.848. The number of primary amides is 1. The highest BCUT2D eigenvalue weighted by molar-refractivity contribution is 8.06. The molecular weight excluding hydrogens is 228 g/mol. The molecule has 0 saturated heterocycles. The molecule has 0 fully saturated rings. The monoisotopic (exact) mass is 238 g/mol. The van der Waals surface area contributed by atoms with Crippen molar-refractivity contribution in [2.45, 2.75) is 17.7 Å². The van der Waals surface area contributed by atoms with Crippen LogP contribution in [0.4, 0.5) is 4.79 Å². The van der Waals surface area contributed by atoms with Crippen LogP contribution in [-0.4, -0.2) is 13.7 Å². The molecule has 0 aliphatic rings. The Hall–Kier alpha value is -1.87. The summed E-state index contributed by atoms with van der Waals surface area (Å²) in [5.74, 6) is 0. The number of nitrogens with two attached hydrogens (primary N) is 1. The van der Waals surface area contributed by atoms with Crippen molar-refractivity contribution in [1.29, 1.82) is 5.26 Å². The molecule has 0 aliphatic carbocycles. The number of nitrogens with zero attached hydrogens (tertiary/aromatic N) is 1. The maximum absolute atomic E-state index is 11.3. The summed E-state index contributed by atoms with van der Waals surface area (Å²) in [5, 5.41) is 7.01. The molecule has 0 atom stereocenters. The molecule has 0 spiro atoms. The Balaban J connectivity index is 2.97. The molecule has 1 amide bonds. The second-order valence-electron chi connectivity index (χ2n) is 3.12. The van der Waals surface area contributed by atoms with E-state index in [9.17, 15) is 13.2 Å². The summed E-state index contributed by atoms with van der Waals surface area (Å²) >= 11 is 0. The minimum atomic E-state index is -4.04. The number of benzene rings is 1. The summed E-state index contributed by atoms with van der Waals surface area (Å²) in [6, 6.07) is 7.74. The van der Waals surface area contributed by atoms with Gasteiger partial charge in [0.1, 0.15) is 0 Å². The molecule has 0 aromatic heterocycles. The summed E-state index contributed by atoms with van der Waals surface area (Å²) in [6.45, 7) is 0. The highest BCUT2D eigenvalue weighted by Crippen LogP contribution is 2.13. The third-order valence-corrected chi connectivity index (χ3v) is 3.45.